The van der Waals surface area contributed by atoms with Gasteiger partial charge < -0.3 is 10.4 Å². The van der Waals surface area contributed by atoms with Crippen LogP contribution in [0.2, 0.25) is 5.02 Å². The summed E-state index contributed by atoms with van der Waals surface area (Å²) in [5.41, 5.74) is 0.255. The van der Waals surface area contributed by atoms with E-state index in [0.29, 0.717) is 9.50 Å². The lowest BCUT2D eigenvalue weighted by Gasteiger charge is -2.12. The van der Waals surface area contributed by atoms with Gasteiger partial charge >= 0.3 is 5.97 Å². The minimum atomic E-state index is -1.18. The van der Waals surface area contributed by atoms with E-state index in [0.717, 1.165) is 0 Å². The zero-order chi connectivity index (χ0) is 13.7. The van der Waals surface area contributed by atoms with Crippen molar-refractivity contribution in [2.45, 2.75) is 12.5 Å². The van der Waals surface area contributed by atoms with Crippen LogP contribution in [-0.2, 0) is 4.79 Å². The number of rotatable bonds is 4. The van der Waals surface area contributed by atoms with Crippen molar-refractivity contribution in [1.29, 1.82) is 0 Å². The third-order valence-corrected chi connectivity index (χ3v) is 3.03. The first-order valence-electron chi connectivity index (χ1n) is 4.88. The first-order valence-corrected chi connectivity index (χ1v) is 6.05. The van der Waals surface area contributed by atoms with Crippen molar-refractivity contribution in [3.63, 3.8) is 0 Å². The Morgan fingerprint density at radius 3 is 2.78 bits per heavy atom. The smallest absolute Gasteiger partial charge is 0.327 e. The largest absolute Gasteiger partial charge is 0.480 e. The summed E-state index contributed by atoms with van der Waals surface area (Å²) in [6, 6.07) is 3.54. The van der Waals surface area contributed by atoms with Crippen LogP contribution in [-0.4, -0.2) is 23.0 Å². The molecule has 0 aromatic heterocycles. The second kappa shape index (κ2) is 6.43. The maximum absolute atomic E-state index is 11.9. The first-order chi connectivity index (χ1) is 8.45. The third kappa shape index (κ3) is 3.76. The van der Waals surface area contributed by atoms with Crippen LogP contribution in [0, 0.1) is 12.3 Å². The Morgan fingerprint density at radius 2 is 2.22 bits per heavy atom. The number of carboxylic acids is 1. The zero-order valence-corrected chi connectivity index (χ0v) is 11.5. The second-order valence-electron chi connectivity index (χ2n) is 3.40. The van der Waals surface area contributed by atoms with E-state index in [1.165, 1.54) is 6.07 Å². The maximum Gasteiger partial charge on any atom is 0.327 e. The highest BCUT2D eigenvalue weighted by Gasteiger charge is 2.20. The number of carbonyl (C=O) groups excluding carboxylic acids is 1. The fourth-order valence-electron chi connectivity index (χ4n) is 1.23. The molecule has 0 saturated carbocycles. The molecule has 18 heavy (non-hydrogen) atoms. The van der Waals surface area contributed by atoms with Gasteiger partial charge in [0.15, 0.2) is 0 Å². The number of hydrogen-bond acceptors (Lipinski definition) is 2. The number of carboxylic acid groups (broad SMARTS) is 1. The van der Waals surface area contributed by atoms with Gasteiger partial charge in [-0.2, -0.15) is 0 Å². The van der Waals surface area contributed by atoms with Gasteiger partial charge in [-0.25, -0.2) is 4.79 Å². The first kappa shape index (κ1) is 14.6. The highest BCUT2D eigenvalue weighted by atomic mass is 79.9. The van der Waals surface area contributed by atoms with Crippen LogP contribution in [0.5, 0.6) is 0 Å². The number of hydrogen-bond donors (Lipinski definition) is 2. The molecule has 0 aliphatic carbocycles. The average molecular weight is 331 g/mol. The Labute approximate surface area is 117 Å². The van der Waals surface area contributed by atoms with Crippen LogP contribution in [0.1, 0.15) is 16.8 Å². The predicted molar refractivity (Wildman–Crippen MR) is 71.5 cm³/mol. The lowest BCUT2D eigenvalue weighted by atomic mass is 10.1. The summed E-state index contributed by atoms with van der Waals surface area (Å²) in [4.78, 5) is 22.7. The van der Waals surface area contributed by atoms with Crippen LogP contribution in [0.25, 0.3) is 0 Å². The average Bonchev–Trinajstić information content (AvgIpc) is 2.31. The van der Waals surface area contributed by atoms with Crippen molar-refractivity contribution in [1.82, 2.24) is 5.32 Å². The normalized spacial score (nSPS) is 11.4. The van der Waals surface area contributed by atoms with Crippen LogP contribution in [0.4, 0.5) is 0 Å². The van der Waals surface area contributed by atoms with Crippen LogP contribution < -0.4 is 5.32 Å². The van der Waals surface area contributed by atoms with E-state index < -0.39 is 17.9 Å². The van der Waals surface area contributed by atoms with Crippen LogP contribution in [0.15, 0.2) is 22.7 Å². The molecule has 1 rings (SSSR count). The topological polar surface area (TPSA) is 66.4 Å². The van der Waals surface area contributed by atoms with E-state index in [1.54, 1.807) is 12.1 Å². The van der Waals surface area contributed by atoms with Gasteiger partial charge in [0.25, 0.3) is 5.91 Å². The Kier molecular flexibility index (Phi) is 5.20. The summed E-state index contributed by atoms with van der Waals surface area (Å²) in [6.07, 6.45) is 4.96. The van der Waals surface area contributed by atoms with Gasteiger partial charge in [0, 0.05) is 15.9 Å². The number of carbonyl (C=O) groups is 2. The molecule has 0 aliphatic rings. The van der Waals surface area contributed by atoms with Gasteiger partial charge in [-0.05, 0) is 34.1 Å². The number of benzene rings is 1. The molecule has 6 heteroatoms. The molecule has 1 aromatic carbocycles. The molecule has 0 saturated heterocycles. The molecule has 2 N–H and O–H groups in total. The Morgan fingerprint density at radius 1 is 1.56 bits per heavy atom. The molecule has 94 valence electrons. The minimum Gasteiger partial charge on any atom is -0.480 e. The summed E-state index contributed by atoms with van der Waals surface area (Å²) in [7, 11) is 0. The predicted octanol–water partition coefficient (Wildman–Crippen LogP) is 2.31. The quantitative estimate of drug-likeness (QED) is 0.833. The lowest BCUT2D eigenvalue weighted by Crippen LogP contribution is -2.40. The molecule has 0 radical (unpaired) electrons. The Bertz CT molecular complexity index is 525. The van der Waals surface area contributed by atoms with Crippen molar-refractivity contribution in [3.05, 3.63) is 33.3 Å². The molecule has 1 aromatic rings. The van der Waals surface area contributed by atoms with E-state index in [-0.39, 0.29) is 12.0 Å². The minimum absolute atomic E-state index is 0.0841. The molecule has 0 fully saturated rings. The third-order valence-electron chi connectivity index (χ3n) is 2.10. The zero-order valence-electron chi connectivity index (χ0n) is 9.11. The Hall–Kier alpha value is -1.51. The summed E-state index contributed by atoms with van der Waals surface area (Å²) < 4.78 is 0.522. The fraction of sp³-hybridized carbons (Fsp3) is 0.167. The number of nitrogens with one attached hydrogen (secondary N) is 1. The van der Waals surface area contributed by atoms with Crippen molar-refractivity contribution < 1.29 is 14.7 Å². The van der Waals surface area contributed by atoms with Gasteiger partial charge in [0.05, 0.1) is 5.56 Å². The van der Waals surface area contributed by atoms with Gasteiger partial charge in [0.1, 0.15) is 6.04 Å². The van der Waals surface area contributed by atoms with Crippen molar-refractivity contribution in [2.24, 2.45) is 0 Å². The molecule has 1 unspecified atom stereocenters. The number of halogens is 2. The monoisotopic (exact) mass is 329 g/mol. The molecule has 4 nitrogen and oxygen atoms in total. The second-order valence-corrected chi connectivity index (χ2v) is 4.69. The molecule has 0 spiro atoms. The number of terminal acetylenes is 1. The molecule has 1 amide bonds. The summed E-state index contributed by atoms with van der Waals surface area (Å²) in [5.74, 6) is 0.468. The molecule has 0 bridgehead atoms. The van der Waals surface area contributed by atoms with E-state index in [4.69, 9.17) is 23.1 Å². The lowest BCUT2D eigenvalue weighted by molar-refractivity contribution is -0.139. The van der Waals surface area contributed by atoms with Gasteiger partial charge in [-0.15, -0.1) is 12.3 Å². The van der Waals surface area contributed by atoms with Crippen LogP contribution >= 0.6 is 27.5 Å². The Balaban J connectivity index is 2.91. The fourth-order valence-corrected chi connectivity index (χ4v) is 1.82. The van der Waals surface area contributed by atoms with E-state index in [9.17, 15) is 9.59 Å². The van der Waals surface area contributed by atoms with Crippen molar-refractivity contribution in [3.8, 4) is 12.3 Å². The highest BCUT2D eigenvalue weighted by molar-refractivity contribution is 9.10. The molecular formula is C12H9BrClNO3. The standard InChI is InChI=1S/C12H9BrClNO3/c1-2-3-10(12(17)18)15-11(16)8-6-7(14)4-5-9(8)13/h1,4-6,10H,3H2,(H,15,16)(H,17,18). The summed E-state index contributed by atoms with van der Waals surface area (Å²) >= 11 is 8.96. The number of amides is 1. The molecule has 1 atom stereocenters. The summed E-state index contributed by atoms with van der Waals surface area (Å²) in [6.45, 7) is 0. The molecule has 0 heterocycles. The molecule has 0 aliphatic heterocycles. The SMILES string of the molecule is C#CCC(NC(=O)c1cc(Cl)ccc1Br)C(=O)O. The van der Waals surface area contributed by atoms with Gasteiger partial charge in [-0.3, -0.25) is 4.79 Å². The van der Waals surface area contributed by atoms with Crippen molar-refractivity contribution in [2.75, 3.05) is 0 Å². The highest BCUT2D eigenvalue weighted by Crippen LogP contribution is 2.21. The van der Waals surface area contributed by atoms with Crippen LogP contribution in [0.3, 0.4) is 0 Å². The van der Waals surface area contributed by atoms with E-state index in [1.807, 2.05) is 0 Å². The summed E-state index contributed by atoms with van der Waals surface area (Å²) in [5, 5.41) is 11.6. The molecular weight excluding hydrogens is 321 g/mol. The van der Waals surface area contributed by atoms with E-state index >= 15 is 0 Å². The van der Waals surface area contributed by atoms with Gasteiger partial charge in [-0.1, -0.05) is 11.6 Å². The van der Waals surface area contributed by atoms with Gasteiger partial charge in [0.2, 0.25) is 0 Å². The maximum atomic E-state index is 11.9. The number of aliphatic carboxylic acids is 1. The van der Waals surface area contributed by atoms with Crippen molar-refractivity contribution >= 4 is 39.4 Å². The van der Waals surface area contributed by atoms with E-state index in [2.05, 4.69) is 27.2 Å².